The number of fused-ring (bicyclic) bond motifs is 1. The third-order valence-corrected chi connectivity index (χ3v) is 6.44. The lowest BCUT2D eigenvalue weighted by Crippen LogP contribution is -2.43. The van der Waals surface area contributed by atoms with Crippen molar-refractivity contribution in [1.29, 1.82) is 0 Å². The van der Waals surface area contributed by atoms with Gasteiger partial charge in [0.2, 0.25) is 0 Å². The van der Waals surface area contributed by atoms with E-state index in [1.165, 1.54) is 0 Å². The summed E-state index contributed by atoms with van der Waals surface area (Å²) in [6.07, 6.45) is 4.64. The highest BCUT2D eigenvalue weighted by Gasteiger charge is 2.42. The second-order valence-corrected chi connectivity index (χ2v) is 8.88. The van der Waals surface area contributed by atoms with Gasteiger partial charge in [0.05, 0.1) is 30.7 Å². The topological polar surface area (TPSA) is 124 Å². The molecule has 2 aliphatic rings. The number of hydrogen-bond acceptors (Lipinski definition) is 6. The number of aliphatic carboxylic acids is 1. The number of aliphatic hydroxyl groups excluding tert-OH is 3. The molecule has 0 fully saturated rings. The number of aliphatic hydroxyl groups is 3. The molecule has 0 saturated heterocycles. The SMILES string of the molecule is CC[C@H](C)C(=O)O[C@H]1C[C@@H](O)C=C2C=C[C@H](C)[C@H](CCC(O)C[C@@H](O)CC(=O)O)[C@H]21. The van der Waals surface area contributed by atoms with Crippen molar-refractivity contribution in [3.8, 4) is 0 Å². The van der Waals surface area contributed by atoms with Gasteiger partial charge in [-0.3, -0.25) is 9.59 Å². The van der Waals surface area contributed by atoms with Crippen LogP contribution < -0.4 is 0 Å². The van der Waals surface area contributed by atoms with Crippen LogP contribution in [0.4, 0.5) is 0 Å². The van der Waals surface area contributed by atoms with Crippen LogP contribution in [0.1, 0.15) is 59.3 Å². The van der Waals surface area contributed by atoms with Gasteiger partial charge in [0.15, 0.2) is 0 Å². The van der Waals surface area contributed by atoms with Crippen LogP contribution in [-0.4, -0.2) is 56.8 Å². The van der Waals surface area contributed by atoms with E-state index < -0.39 is 30.4 Å². The Labute approximate surface area is 178 Å². The van der Waals surface area contributed by atoms with E-state index in [9.17, 15) is 24.9 Å². The quantitative estimate of drug-likeness (QED) is 0.397. The molecule has 2 aliphatic carbocycles. The van der Waals surface area contributed by atoms with Crippen LogP contribution in [-0.2, 0) is 14.3 Å². The van der Waals surface area contributed by atoms with Gasteiger partial charge in [-0.1, -0.05) is 39.0 Å². The fourth-order valence-corrected chi connectivity index (χ4v) is 4.52. The van der Waals surface area contributed by atoms with E-state index >= 15 is 0 Å². The molecule has 170 valence electrons. The van der Waals surface area contributed by atoms with Crippen molar-refractivity contribution >= 4 is 11.9 Å². The summed E-state index contributed by atoms with van der Waals surface area (Å²) in [5.41, 5.74) is 0.958. The maximum atomic E-state index is 12.4. The molecule has 0 bridgehead atoms. The van der Waals surface area contributed by atoms with E-state index in [4.69, 9.17) is 9.84 Å². The van der Waals surface area contributed by atoms with Crippen LogP contribution in [0.15, 0.2) is 23.8 Å². The number of ether oxygens (including phenoxy) is 1. The summed E-state index contributed by atoms with van der Waals surface area (Å²) in [5, 5.41) is 39.1. The molecule has 4 N–H and O–H groups in total. The first kappa shape index (κ1) is 24.6. The van der Waals surface area contributed by atoms with Crippen molar-refractivity contribution in [2.75, 3.05) is 0 Å². The summed E-state index contributed by atoms with van der Waals surface area (Å²) in [4.78, 5) is 23.1. The number of rotatable bonds is 10. The standard InChI is InChI=1S/C23H36O7/c1-4-13(2)23(29)30-20-11-17(25)9-15-6-5-14(3)19(22(15)20)8-7-16(24)10-18(26)12-21(27)28/h5-6,9,13-14,16-20,22,24-26H,4,7-8,10-12H2,1-3H3,(H,27,28)/t13-,14-,16?,17-,18+,19-,20-,22-/m0/s1. The average molecular weight is 425 g/mol. The van der Waals surface area contributed by atoms with Gasteiger partial charge in [0.1, 0.15) is 6.10 Å². The van der Waals surface area contributed by atoms with Gasteiger partial charge in [0, 0.05) is 12.3 Å². The van der Waals surface area contributed by atoms with Gasteiger partial charge in [-0.15, -0.1) is 0 Å². The minimum atomic E-state index is -1.10. The van der Waals surface area contributed by atoms with Gasteiger partial charge in [-0.25, -0.2) is 0 Å². The number of carboxylic acid groups (broad SMARTS) is 1. The average Bonchev–Trinajstić information content (AvgIpc) is 2.65. The number of carbonyl (C=O) groups excluding carboxylic acids is 1. The lowest BCUT2D eigenvalue weighted by Gasteiger charge is -2.43. The number of allylic oxidation sites excluding steroid dienone is 2. The van der Waals surface area contributed by atoms with Crippen molar-refractivity contribution in [2.45, 2.75) is 83.7 Å². The number of carboxylic acids is 1. The molecule has 0 aromatic rings. The van der Waals surface area contributed by atoms with E-state index in [-0.39, 0.29) is 42.5 Å². The summed E-state index contributed by atoms with van der Waals surface area (Å²) in [6.45, 7) is 5.85. The fourth-order valence-electron chi connectivity index (χ4n) is 4.52. The van der Waals surface area contributed by atoms with Crippen molar-refractivity contribution in [3.63, 3.8) is 0 Å². The zero-order chi connectivity index (χ0) is 22.4. The summed E-state index contributed by atoms with van der Waals surface area (Å²) in [7, 11) is 0. The van der Waals surface area contributed by atoms with Crippen LogP contribution in [0.25, 0.3) is 0 Å². The van der Waals surface area contributed by atoms with Crippen LogP contribution in [0.5, 0.6) is 0 Å². The van der Waals surface area contributed by atoms with Gasteiger partial charge < -0.3 is 25.2 Å². The van der Waals surface area contributed by atoms with Crippen LogP contribution in [0, 0.1) is 23.7 Å². The third kappa shape index (κ3) is 6.65. The molecule has 0 aromatic carbocycles. The second kappa shape index (κ2) is 11.1. The van der Waals surface area contributed by atoms with E-state index in [0.29, 0.717) is 25.7 Å². The summed E-state index contributed by atoms with van der Waals surface area (Å²) >= 11 is 0. The number of carbonyl (C=O) groups is 2. The highest BCUT2D eigenvalue weighted by Crippen LogP contribution is 2.44. The molecule has 0 aliphatic heterocycles. The predicted molar refractivity (Wildman–Crippen MR) is 111 cm³/mol. The van der Waals surface area contributed by atoms with E-state index in [1.54, 1.807) is 0 Å². The highest BCUT2D eigenvalue weighted by atomic mass is 16.5. The zero-order valence-electron chi connectivity index (χ0n) is 18.1. The Bertz CT molecular complexity index is 656. The molecule has 0 spiro atoms. The van der Waals surface area contributed by atoms with Crippen LogP contribution in [0.3, 0.4) is 0 Å². The molecular weight excluding hydrogens is 388 g/mol. The number of hydrogen-bond donors (Lipinski definition) is 4. The van der Waals surface area contributed by atoms with E-state index in [0.717, 1.165) is 5.57 Å². The van der Waals surface area contributed by atoms with Gasteiger partial charge in [0.25, 0.3) is 0 Å². The molecule has 0 amide bonds. The van der Waals surface area contributed by atoms with Crippen molar-refractivity contribution in [2.24, 2.45) is 23.7 Å². The zero-order valence-corrected chi connectivity index (χ0v) is 18.1. The van der Waals surface area contributed by atoms with Gasteiger partial charge >= 0.3 is 11.9 Å². The first-order valence-electron chi connectivity index (χ1n) is 11.0. The van der Waals surface area contributed by atoms with Crippen molar-refractivity contribution < 1.29 is 34.8 Å². The Balaban J connectivity index is 2.09. The summed E-state index contributed by atoms with van der Waals surface area (Å²) < 4.78 is 5.84. The lowest BCUT2D eigenvalue weighted by atomic mass is 9.66. The molecule has 0 radical (unpaired) electrons. The molecule has 30 heavy (non-hydrogen) atoms. The smallest absolute Gasteiger partial charge is 0.308 e. The minimum absolute atomic E-state index is 0.0156. The summed E-state index contributed by atoms with van der Waals surface area (Å²) in [5.74, 6) is -1.31. The molecular formula is C23H36O7. The molecule has 0 saturated carbocycles. The van der Waals surface area contributed by atoms with Gasteiger partial charge in [-0.05, 0) is 43.1 Å². The Morgan fingerprint density at radius 2 is 1.97 bits per heavy atom. The molecule has 7 heteroatoms. The third-order valence-electron chi connectivity index (χ3n) is 6.44. The molecule has 0 heterocycles. The normalized spacial score (nSPS) is 31.3. The second-order valence-electron chi connectivity index (χ2n) is 8.88. The highest BCUT2D eigenvalue weighted by molar-refractivity contribution is 5.72. The van der Waals surface area contributed by atoms with Crippen molar-refractivity contribution in [3.05, 3.63) is 23.8 Å². The van der Waals surface area contributed by atoms with Gasteiger partial charge in [-0.2, -0.15) is 0 Å². The Morgan fingerprint density at radius 3 is 2.60 bits per heavy atom. The minimum Gasteiger partial charge on any atom is -0.481 e. The molecule has 2 rings (SSSR count). The fraction of sp³-hybridized carbons (Fsp3) is 0.739. The Morgan fingerprint density at radius 1 is 1.27 bits per heavy atom. The maximum absolute atomic E-state index is 12.4. The largest absolute Gasteiger partial charge is 0.481 e. The molecule has 1 unspecified atom stereocenters. The number of esters is 1. The van der Waals surface area contributed by atoms with E-state index in [1.807, 2.05) is 26.0 Å². The predicted octanol–water partition coefficient (Wildman–Crippen LogP) is 2.44. The van der Waals surface area contributed by atoms with E-state index in [2.05, 4.69) is 13.0 Å². The first-order chi connectivity index (χ1) is 14.1. The monoisotopic (exact) mass is 424 g/mol. The van der Waals surface area contributed by atoms with Crippen molar-refractivity contribution in [1.82, 2.24) is 0 Å². The van der Waals surface area contributed by atoms with Crippen LogP contribution in [0.2, 0.25) is 0 Å². The Kier molecular flexibility index (Phi) is 9.07. The molecule has 8 atom stereocenters. The lowest BCUT2D eigenvalue weighted by molar-refractivity contribution is -0.159. The van der Waals surface area contributed by atoms with Crippen LogP contribution >= 0.6 is 0 Å². The maximum Gasteiger partial charge on any atom is 0.308 e. The first-order valence-corrected chi connectivity index (χ1v) is 11.0. The summed E-state index contributed by atoms with van der Waals surface area (Å²) in [6, 6.07) is 0. The molecule has 0 aromatic heterocycles. The Hall–Kier alpha value is -1.70. The molecule has 7 nitrogen and oxygen atoms in total.